The van der Waals surface area contributed by atoms with E-state index in [1.165, 1.54) is 12.1 Å². The number of halogens is 1. The van der Waals surface area contributed by atoms with Gasteiger partial charge in [-0.3, -0.25) is 4.79 Å². The Balaban J connectivity index is 1.78. The van der Waals surface area contributed by atoms with Gasteiger partial charge in [0.05, 0.1) is 18.8 Å². The van der Waals surface area contributed by atoms with E-state index >= 15 is 0 Å². The van der Waals surface area contributed by atoms with Crippen LogP contribution < -0.4 is 9.64 Å². The highest BCUT2D eigenvalue weighted by atomic mass is 19.1. The Morgan fingerprint density at radius 1 is 1.16 bits per heavy atom. The molecular weight excluding hydrogens is 407 g/mol. The molecule has 0 radical (unpaired) electrons. The minimum absolute atomic E-state index is 0.0522. The molecule has 2 aromatic carbocycles. The Morgan fingerprint density at radius 2 is 1.94 bits per heavy atom. The van der Waals surface area contributed by atoms with Crippen LogP contribution in [0, 0.1) is 5.82 Å². The number of aromatic nitrogens is 2. The maximum absolute atomic E-state index is 13.5. The summed E-state index contributed by atoms with van der Waals surface area (Å²) in [4.78, 5) is 26.6. The van der Waals surface area contributed by atoms with Crippen LogP contribution in [0.5, 0.6) is 5.75 Å². The van der Waals surface area contributed by atoms with Crippen molar-refractivity contribution in [3.8, 4) is 16.9 Å². The van der Waals surface area contributed by atoms with E-state index in [0.717, 1.165) is 36.1 Å². The standard InChI is InChI=1S/C25H27FN4O2/c1-29(2)25-27-16-21(17-10-12-19(26)13-11-17)23(28-25)22-9-4-5-14-30(22)24(31)18-7-6-8-20(15-18)32-3/h6-8,10-13,15-16,22H,4-5,9,14H2,1-3H3/t22-/m0/s1. The van der Waals surface area contributed by atoms with Crippen LogP contribution in [0.15, 0.2) is 54.7 Å². The number of hydrogen-bond acceptors (Lipinski definition) is 5. The van der Waals surface area contributed by atoms with Crippen molar-refractivity contribution in [1.29, 1.82) is 0 Å². The first-order chi connectivity index (χ1) is 15.5. The summed E-state index contributed by atoms with van der Waals surface area (Å²) in [5.41, 5.74) is 3.00. The molecule has 1 amide bonds. The summed E-state index contributed by atoms with van der Waals surface area (Å²) in [6.07, 6.45) is 4.50. The Morgan fingerprint density at radius 3 is 2.66 bits per heavy atom. The van der Waals surface area contributed by atoms with Crippen molar-refractivity contribution in [2.75, 3.05) is 32.6 Å². The molecule has 0 saturated carbocycles. The summed E-state index contributed by atoms with van der Waals surface area (Å²) >= 11 is 0. The van der Waals surface area contributed by atoms with E-state index in [9.17, 15) is 9.18 Å². The van der Waals surface area contributed by atoms with Crippen molar-refractivity contribution < 1.29 is 13.9 Å². The number of likely N-dealkylation sites (tertiary alicyclic amines) is 1. The fourth-order valence-corrected chi connectivity index (χ4v) is 4.09. The monoisotopic (exact) mass is 434 g/mol. The summed E-state index contributed by atoms with van der Waals surface area (Å²) in [5.74, 6) is 0.871. The van der Waals surface area contributed by atoms with Gasteiger partial charge in [0.1, 0.15) is 11.6 Å². The smallest absolute Gasteiger partial charge is 0.254 e. The summed E-state index contributed by atoms with van der Waals surface area (Å²) in [5, 5.41) is 0. The van der Waals surface area contributed by atoms with E-state index in [0.29, 0.717) is 23.8 Å². The number of anilines is 1. The lowest BCUT2D eigenvalue weighted by Gasteiger charge is -2.36. The van der Waals surface area contributed by atoms with Crippen LogP contribution in [0.1, 0.15) is 41.4 Å². The van der Waals surface area contributed by atoms with Crippen LogP contribution in [-0.4, -0.2) is 48.5 Å². The Bertz CT molecular complexity index is 1100. The van der Waals surface area contributed by atoms with Crippen LogP contribution in [-0.2, 0) is 0 Å². The predicted octanol–water partition coefficient (Wildman–Crippen LogP) is 4.72. The van der Waals surface area contributed by atoms with Crippen LogP contribution in [0.2, 0.25) is 0 Å². The molecule has 1 fully saturated rings. The van der Waals surface area contributed by atoms with E-state index in [1.807, 2.05) is 42.1 Å². The molecule has 0 spiro atoms. The number of methoxy groups -OCH3 is 1. The molecule has 7 heteroatoms. The Kier molecular flexibility index (Phi) is 6.35. The first kappa shape index (κ1) is 21.7. The molecule has 6 nitrogen and oxygen atoms in total. The molecule has 0 bridgehead atoms. The highest BCUT2D eigenvalue weighted by Gasteiger charge is 2.32. The van der Waals surface area contributed by atoms with Crippen molar-refractivity contribution in [3.05, 3.63) is 71.8 Å². The van der Waals surface area contributed by atoms with E-state index in [4.69, 9.17) is 9.72 Å². The number of carbonyl (C=O) groups excluding carboxylic acids is 1. The number of nitrogens with zero attached hydrogens (tertiary/aromatic N) is 4. The maximum Gasteiger partial charge on any atom is 0.254 e. The van der Waals surface area contributed by atoms with Crippen LogP contribution in [0.4, 0.5) is 10.3 Å². The average Bonchev–Trinajstić information content (AvgIpc) is 2.83. The van der Waals surface area contributed by atoms with Crippen molar-refractivity contribution >= 4 is 11.9 Å². The first-order valence-electron chi connectivity index (χ1n) is 10.7. The van der Waals surface area contributed by atoms with E-state index in [1.54, 1.807) is 31.5 Å². The van der Waals surface area contributed by atoms with Gasteiger partial charge in [0.15, 0.2) is 0 Å². The molecule has 2 heterocycles. The van der Waals surface area contributed by atoms with Gasteiger partial charge in [-0.15, -0.1) is 0 Å². The fourth-order valence-electron chi connectivity index (χ4n) is 4.09. The lowest BCUT2D eigenvalue weighted by Crippen LogP contribution is -2.39. The number of benzene rings is 2. The summed E-state index contributed by atoms with van der Waals surface area (Å²) in [6, 6.07) is 13.3. The van der Waals surface area contributed by atoms with Gasteiger partial charge in [0.25, 0.3) is 5.91 Å². The molecule has 1 aliphatic rings. The Labute approximate surface area is 187 Å². The third kappa shape index (κ3) is 4.42. The number of amides is 1. The molecule has 1 aromatic heterocycles. The number of carbonyl (C=O) groups is 1. The lowest BCUT2D eigenvalue weighted by molar-refractivity contribution is 0.0606. The fraction of sp³-hybridized carbons (Fsp3) is 0.320. The van der Waals surface area contributed by atoms with Gasteiger partial charge in [-0.2, -0.15) is 0 Å². The second-order valence-corrected chi connectivity index (χ2v) is 8.11. The van der Waals surface area contributed by atoms with E-state index < -0.39 is 0 Å². The molecule has 0 unspecified atom stereocenters. The maximum atomic E-state index is 13.5. The minimum Gasteiger partial charge on any atom is -0.497 e. The van der Waals surface area contributed by atoms with Crippen molar-refractivity contribution in [3.63, 3.8) is 0 Å². The molecule has 3 aromatic rings. The van der Waals surface area contributed by atoms with Gasteiger partial charge in [-0.05, 0) is 55.2 Å². The second-order valence-electron chi connectivity index (χ2n) is 8.11. The molecule has 0 aliphatic carbocycles. The number of hydrogen-bond donors (Lipinski definition) is 0. The molecule has 1 aliphatic heterocycles. The molecular formula is C25H27FN4O2. The van der Waals surface area contributed by atoms with Crippen molar-refractivity contribution in [1.82, 2.24) is 14.9 Å². The highest BCUT2D eigenvalue weighted by molar-refractivity contribution is 5.95. The SMILES string of the molecule is COc1cccc(C(=O)N2CCCC[C@H]2c2nc(N(C)C)ncc2-c2ccc(F)cc2)c1. The normalized spacial score (nSPS) is 16.0. The zero-order valence-electron chi connectivity index (χ0n) is 18.6. The lowest BCUT2D eigenvalue weighted by atomic mass is 9.93. The van der Waals surface area contributed by atoms with Gasteiger partial charge < -0.3 is 14.5 Å². The van der Waals surface area contributed by atoms with E-state index in [2.05, 4.69) is 4.98 Å². The van der Waals surface area contributed by atoms with Gasteiger partial charge in [0, 0.05) is 38.0 Å². The third-order valence-electron chi connectivity index (χ3n) is 5.76. The number of piperidine rings is 1. The van der Waals surface area contributed by atoms with Crippen molar-refractivity contribution in [2.24, 2.45) is 0 Å². The molecule has 166 valence electrons. The average molecular weight is 435 g/mol. The topological polar surface area (TPSA) is 58.6 Å². The quantitative estimate of drug-likeness (QED) is 0.581. The molecule has 4 rings (SSSR count). The predicted molar refractivity (Wildman–Crippen MR) is 122 cm³/mol. The minimum atomic E-state index is -0.298. The largest absolute Gasteiger partial charge is 0.497 e. The van der Waals surface area contributed by atoms with Crippen LogP contribution in [0.25, 0.3) is 11.1 Å². The van der Waals surface area contributed by atoms with Gasteiger partial charge >= 0.3 is 0 Å². The van der Waals surface area contributed by atoms with Crippen LogP contribution >= 0.6 is 0 Å². The van der Waals surface area contributed by atoms with Crippen molar-refractivity contribution in [2.45, 2.75) is 25.3 Å². The zero-order chi connectivity index (χ0) is 22.7. The van der Waals surface area contributed by atoms with Gasteiger partial charge in [-0.25, -0.2) is 14.4 Å². The molecule has 0 N–H and O–H groups in total. The molecule has 1 saturated heterocycles. The summed E-state index contributed by atoms with van der Waals surface area (Å²) < 4.78 is 18.8. The Hall–Kier alpha value is -3.48. The van der Waals surface area contributed by atoms with Gasteiger partial charge in [0.2, 0.25) is 5.95 Å². The number of ether oxygens (including phenoxy) is 1. The summed E-state index contributed by atoms with van der Waals surface area (Å²) in [6.45, 7) is 0.644. The zero-order valence-corrected chi connectivity index (χ0v) is 18.6. The number of rotatable bonds is 5. The van der Waals surface area contributed by atoms with E-state index in [-0.39, 0.29) is 17.8 Å². The third-order valence-corrected chi connectivity index (χ3v) is 5.76. The second kappa shape index (κ2) is 9.34. The highest BCUT2D eigenvalue weighted by Crippen LogP contribution is 2.37. The molecule has 32 heavy (non-hydrogen) atoms. The van der Waals surface area contributed by atoms with Crippen LogP contribution in [0.3, 0.4) is 0 Å². The first-order valence-corrected chi connectivity index (χ1v) is 10.7. The van der Waals surface area contributed by atoms with Gasteiger partial charge in [-0.1, -0.05) is 18.2 Å². The summed E-state index contributed by atoms with van der Waals surface area (Å²) in [7, 11) is 5.36. The molecule has 1 atom stereocenters.